The number of hydrogen-bond donors (Lipinski definition) is 2. The van der Waals surface area contributed by atoms with E-state index in [0.717, 1.165) is 49.8 Å². The number of para-hydroxylation sites is 1. The lowest BCUT2D eigenvalue weighted by atomic mass is 10.0. The standard InChI is InChI=1S/C26H36N4O3/c1-20(31)10-4-2-5-13-24(29-25(32)14-17-30-15-8-3-9-16-30)26(33)28-22-18-21-11-6-7-12-23(21)27-19-22/h6-7,11-12,18-19,24H,2-5,8-10,13-17H2,1H3,(H,28,33)(H,29,32)/t24-/m0/s1. The van der Waals surface area contributed by atoms with Crippen molar-refractivity contribution in [2.24, 2.45) is 0 Å². The first kappa shape index (κ1) is 24.8. The van der Waals surface area contributed by atoms with Crippen LogP contribution in [0.1, 0.15) is 64.7 Å². The Bertz CT molecular complexity index is 940. The molecule has 3 rings (SSSR count). The van der Waals surface area contributed by atoms with Crippen molar-refractivity contribution < 1.29 is 14.4 Å². The van der Waals surface area contributed by atoms with Gasteiger partial charge in [-0.2, -0.15) is 0 Å². The number of nitrogens with one attached hydrogen (secondary N) is 2. The molecule has 7 heteroatoms. The molecule has 7 nitrogen and oxygen atoms in total. The van der Waals surface area contributed by atoms with Crippen molar-refractivity contribution in [2.45, 2.75) is 70.8 Å². The Labute approximate surface area is 196 Å². The number of carbonyl (C=O) groups is 3. The molecule has 178 valence electrons. The monoisotopic (exact) mass is 452 g/mol. The van der Waals surface area contributed by atoms with Gasteiger partial charge in [-0.15, -0.1) is 0 Å². The van der Waals surface area contributed by atoms with Crippen LogP contribution < -0.4 is 10.6 Å². The maximum Gasteiger partial charge on any atom is 0.246 e. The number of piperidine rings is 1. The Kier molecular flexibility index (Phi) is 9.81. The van der Waals surface area contributed by atoms with E-state index in [0.29, 0.717) is 24.9 Å². The van der Waals surface area contributed by atoms with Crippen LogP contribution >= 0.6 is 0 Å². The predicted molar refractivity (Wildman–Crippen MR) is 131 cm³/mol. The fourth-order valence-corrected chi connectivity index (χ4v) is 4.25. The molecule has 2 aromatic rings. The van der Waals surface area contributed by atoms with Crippen LogP contribution in [0, 0.1) is 0 Å². The topological polar surface area (TPSA) is 91.4 Å². The van der Waals surface area contributed by atoms with Gasteiger partial charge in [0.1, 0.15) is 11.8 Å². The summed E-state index contributed by atoms with van der Waals surface area (Å²) in [6.45, 7) is 4.41. The minimum Gasteiger partial charge on any atom is -0.344 e. The van der Waals surface area contributed by atoms with E-state index in [1.54, 1.807) is 13.1 Å². The minimum absolute atomic E-state index is 0.0962. The summed E-state index contributed by atoms with van der Waals surface area (Å²) in [5.74, 6) is -0.148. The number of rotatable bonds is 12. The fourth-order valence-electron chi connectivity index (χ4n) is 4.25. The number of fused-ring (bicyclic) bond motifs is 1. The number of pyridine rings is 1. The van der Waals surface area contributed by atoms with Crippen LogP contribution in [0.2, 0.25) is 0 Å². The second-order valence-electron chi connectivity index (χ2n) is 8.98. The van der Waals surface area contributed by atoms with Gasteiger partial charge in [0.25, 0.3) is 0 Å². The molecular formula is C26H36N4O3. The molecular weight excluding hydrogens is 416 g/mol. The highest BCUT2D eigenvalue weighted by Crippen LogP contribution is 2.17. The normalized spacial score (nSPS) is 15.2. The van der Waals surface area contributed by atoms with Gasteiger partial charge >= 0.3 is 0 Å². The number of anilines is 1. The van der Waals surface area contributed by atoms with Crippen molar-refractivity contribution >= 4 is 34.2 Å². The van der Waals surface area contributed by atoms with E-state index >= 15 is 0 Å². The minimum atomic E-state index is -0.609. The van der Waals surface area contributed by atoms with Crippen LogP contribution in [0.15, 0.2) is 36.5 Å². The maximum absolute atomic E-state index is 13.0. The molecule has 2 N–H and O–H groups in total. The van der Waals surface area contributed by atoms with Gasteiger partial charge in [-0.1, -0.05) is 37.5 Å². The molecule has 1 saturated heterocycles. The molecule has 1 aliphatic heterocycles. The SMILES string of the molecule is CC(=O)CCCCC[C@H](NC(=O)CCN1CCCCC1)C(=O)Nc1cnc2ccccc2c1. The van der Waals surface area contributed by atoms with Crippen LogP contribution in [0.25, 0.3) is 10.9 Å². The Morgan fingerprint density at radius 1 is 1.03 bits per heavy atom. The van der Waals surface area contributed by atoms with Gasteiger partial charge in [-0.05, 0) is 57.8 Å². The van der Waals surface area contributed by atoms with Gasteiger partial charge < -0.3 is 20.3 Å². The number of hydrogen-bond acceptors (Lipinski definition) is 5. The second-order valence-corrected chi connectivity index (χ2v) is 8.98. The van der Waals surface area contributed by atoms with Crippen molar-refractivity contribution in [3.8, 4) is 0 Å². The van der Waals surface area contributed by atoms with Gasteiger partial charge in [-0.3, -0.25) is 14.6 Å². The summed E-state index contributed by atoms with van der Waals surface area (Å²) in [5.41, 5.74) is 1.48. The number of carbonyl (C=O) groups excluding carboxylic acids is 3. The lowest BCUT2D eigenvalue weighted by molar-refractivity contribution is -0.126. The van der Waals surface area contributed by atoms with E-state index in [2.05, 4.69) is 20.5 Å². The lowest BCUT2D eigenvalue weighted by Gasteiger charge is -2.26. The van der Waals surface area contributed by atoms with Gasteiger partial charge in [0, 0.05) is 24.8 Å². The Hall–Kier alpha value is -2.80. The molecule has 0 saturated carbocycles. The highest BCUT2D eigenvalue weighted by Gasteiger charge is 2.21. The number of aromatic nitrogens is 1. The van der Waals surface area contributed by atoms with Crippen molar-refractivity contribution in [2.75, 3.05) is 25.0 Å². The summed E-state index contributed by atoms with van der Waals surface area (Å²) >= 11 is 0. The molecule has 1 atom stereocenters. The van der Waals surface area contributed by atoms with E-state index in [9.17, 15) is 14.4 Å². The molecule has 0 spiro atoms. The van der Waals surface area contributed by atoms with Crippen LogP contribution in [0.4, 0.5) is 5.69 Å². The number of ketones is 1. The molecule has 2 heterocycles. The second kappa shape index (κ2) is 13.0. The molecule has 0 unspecified atom stereocenters. The number of benzene rings is 1. The van der Waals surface area contributed by atoms with Gasteiger partial charge in [0.15, 0.2) is 0 Å². The first-order valence-corrected chi connectivity index (χ1v) is 12.2. The van der Waals surface area contributed by atoms with Gasteiger partial charge in [0.05, 0.1) is 17.4 Å². The molecule has 0 bridgehead atoms. The average Bonchev–Trinajstić information content (AvgIpc) is 2.82. The zero-order valence-corrected chi connectivity index (χ0v) is 19.6. The lowest BCUT2D eigenvalue weighted by Crippen LogP contribution is -2.45. The highest BCUT2D eigenvalue weighted by molar-refractivity contribution is 5.98. The first-order valence-electron chi connectivity index (χ1n) is 12.2. The third-order valence-corrected chi connectivity index (χ3v) is 6.14. The van der Waals surface area contributed by atoms with Crippen molar-refractivity contribution in [3.63, 3.8) is 0 Å². The molecule has 1 fully saturated rings. The summed E-state index contributed by atoms with van der Waals surface area (Å²) in [7, 11) is 0. The summed E-state index contributed by atoms with van der Waals surface area (Å²) in [5, 5.41) is 6.82. The van der Waals surface area contributed by atoms with E-state index in [1.807, 2.05) is 30.3 Å². The van der Waals surface area contributed by atoms with Crippen molar-refractivity contribution in [1.82, 2.24) is 15.2 Å². The average molecular weight is 453 g/mol. The maximum atomic E-state index is 13.0. The zero-order valence-electron chi connectivity index (χ0n) is 19.6. The summed E-state index contributed by atoms with van der Waals surface area (Å²) in [6.07, 6.45) is 9.20. The van der Waals surface area contributed by atoms with Crippen LogP contribution in [0.3, 0.4) is 0 Å². The molecule has 0 aliphatic carbocycles. The Morgan fingerprint density at radius 2 is 1.82 bits per heavy atom. The summed E-state index contributed by atoms with van der Waals surface area (Å²) < 4.78 is 0. The Balaban J connectivity index is 1.56. The van der Waals surface area contributed by atoms with E-state index in [4.69, 9.17) is 0 Å². The zero-order chi connectivity index (χ0) is 23.5. The van der Waals surface area contributed by atoms with Crippen molar-refractivity contribution in [1.29, 1.82) is 0 Å². The number of unbranched alkanes of at least 4 members (excludes halogenated alkanes) is 2. The quantitative estimate of drug-likeness (QED) is 0.474. The number of Topliss-reactive ketones (excluding diaryl/α,β-unsaturated/α-hetero) is 1. The largest absolute Gasteiger partial charge is 0.344 e. The molecule has 1 aromatic carbocycles. The van der Waals surface area contributed by atoms with Crippen LogP contribution in [-0.2, 0) is 14.4 Å². The van der Waals surface area contributed by atoms with Gasteiger partial charge in [-0.25, -0.2) is 0 Å². The first-order chi connectivity index (χ1) is 16.0. The molecule has 2 amide bonds. The number of amides is 2. The molecule has 33 heavy (non-hydrogen) atoms. The smallest absolute Gasteiger partial charge is 0.246 e. The third-order valence-electron chi connectivity index (χ3n) is 6.14. The third kappa shape index (κ3) is 8.57. The molecule has 1 aliphatic rings. The molecule has 1 aromatic heterocycles. The number of likely N-dealkylation sites (tertiary alicyclic amines) is 1. The van der Waals surface area contributed by atoms with E-state index in [1.165, 1.54) is 19.3 Å². The fraction of sp³-hybridized carbons (Fsp3) is 0.538. The van der Waals surface area contributed by atoms with E-state index in [-0.39, 0.29) is 17.6 Å². The van der Waals surface area contributed by atoms with Gasteiger partial charge in [0.2, 0.25) is 11.8 Å². The number of nitrogens with zero attached hydrogens (tertiary/aromatic N) is 2. The van der Waals surface area contributed by atoms with Crippen LogP contribution in [0.5, 0.6) is 0 Å². The van der Waals surface area contributed by atoms with E-state index < -0.39 is 6.04 Å². The predicted octanol–water partition coefficient (Wildman–Crippen LogP) is 4.07. The Morgan fingerprint density at radius 3 is 2.61 bits per heavy atom. The summed E-state index contributed by atoms with van der Waals surface area (Å²) in [4.78, 5) is 43.6. The van der Waals surface area contributed by atoms with Crippen molar-refractivity contribution in [3.05, 3.63) is 36.5 Å². The molecule has 0 radical (unpaired) electrons. The summed E-state index contributed by atoms with van der Waals surface area (Å²) in [6, 6.07) is 9.02. The highest BCUT2D eigenvalue weighted by atomic mass is 16.2. The van der Waals surface area contributed by atoms with Crippen LogP contribution in [-0.4, -0.2) is 53.2 Å².